The summed E-state index contributed by atoms with van der Waals surface area (Å²) in [5.41, 5.74) is 4.44. The molecule has 6 heteroatoms. The molecule has 1 aromatic carbocycles. The lowest BCUT2D eigenvalue weighted by Gasteiger charge is -2.25. The highest BCUT2D eigenvalue weighted by Gasteiger charge is 2.20. The van der Waals surface area contributed by atoms with E-state index in [1.165, 1.54) is 5.56 Å². The summed E-state index contributed by atoms with van der Waals surface area (Å²) in [6.07, 6.45) is 7.04. The maximum atomic E-state index is 11.5. The van der Waals surface area contributed by atoms with Crippen molar-refractivity contribution in [3.63, 3.8) is 0 Å². The van der Waals surface area contributed by atoms with E-state index in [0.29, 0.717) is 6.54 Å². The molecule has 2 heterocycles. The van der Waals surface area contributed by atoms with Crippen LogP contribution in [-0.2, 0) is 19.5 Å². The fourth-order valence-electron chi connectivity index (χ4n) is 3.54. The number of hydrogen-bond donors (Lipinski definition) is 2. The molecule has 3 aromatic rings. The van der Waals surface area contributed by atoms with Crippen LogP contribution in [0.1, 0.15) is 41.3 Å². The first kappa shape index (κ1) is 17.1. The number of nitrogens with one attached hydrogen (secondary N) is 2. The van der Waals surface area contributed by atoms with Crippen molar-refractivity contribution >= 4 is 11.6 Å². The number of H-pyrrole nitrogens is 1. The average Bonchev–Trinajstić information content (AvgIpc) is 3.09. The van der Waals surface area contributed by atoms with Crippen LogP contribution >= 0.6 is 11.6 Å². The molecule has 0 amide bonds. The number of pyridine rings is 1. The summed E-state index contributed by atoms with van der Waals surface area (Å²) >= 11 is 6.22. The molecule has 0 saturated heterocycles. The molecule has 1 aliphatic rings. The van der Waals surface area contributed by atoms with Gasteiger partial charge in [0.25, 0.3) is 0 Å². The molecule has 134 valence electrons. The second-order valence-corrected chi connectivity index (χ2v) is 7.13. The Labute approximate surface area is 157 Å². The monoisotopic (exact) mass is 368 g/mol. The first-order chi connectivity index (χ1) is 12.7. The predicted molar refractivity (Wildman–Crippen MR) is 102 cm³/mol. The van der Waals surface area contributed by atoms with E-state index in [9.17, 15) is 4.79 Å². The number of halogens is 1. The lowest BCUT2D eigenvalue weighted by Crippen LogP contribution is -2.27. The van der Waals surface area contributed by atoms with Gasteiger partial charge in [-0.2, -0.15) is 5.10 Å². The number of aromatic amines is 1. The zero-order chi connectivity index (χ0) is 17.9. The Morgan fingerprint density at radius 3 is 3.04 bits per heavy atom. The molecule has 2 N–H and O–H groups in total. The van der Waals surface area contributed by atoms with E-state index in [0.717, 1.165) is 47.7 Å². The molecule has 0 fully saturated rings. The third-order valence-corrected chi connectivity index (χ3v) is 5.23. The SMILES string of the molecule is O=c1ccc2c([nH]1)CCCC2NCc1cnn(Cc2ccccc2Cl)c1. The summed E-state index contributed by atoms with van der Waals surface area (Å²) in [4.78, 5) is 14.5. The largest absolute Gasteiger partial charge is 0.326 e. The molecule has 5 nitrogen and oxygen atoms in total. The Balaban J connectivity index is 1.41. The molecule has 0 bridgehead atoms. The number of aryl methyl sites for hydroxylation is 1. The Morgan fingerprint density at radius 2 is 2.15 bits per heavy atom. The van der Waals surface area contributed by atoms with Crippen LogP contribution in [0.2, 0.25) is 5.02 Å². The van der Waals surface area contributed by atoms with E-state index in [-0.39, 0.29) is 11.6 Å². The van der Waals surface area contributed by atoms with Crippen LogP contribution in [0.5, 0.6) is 0 Å². The van der Waals surface area contributed by atoms with E-state index < -0.39 is 0 Å². The molecule has 0 radical (unpaired) electrons. The third kappa shape index (κ3) is 3.74. The fraction of sp³-hybridized carbons (Fsp3) is 0.300. The minimum atomic E-state index is -0.0229. The van der Waals surface area contributed by atoms with Gasteiger partial charge in [-0.25, -0.2) is 0 Å². The van der Waals surface area contributed by atoms with E-state index in [1.807, 2.05) is 47.4 Å². The summed E-state index contributed by atoms with van der Waals surface area (Å²) in [7, 11) is 0. The van der Waals surface area contributed by atoms with Gasteiger partial charge in [0.05, 0.1) is 12.7 Å². The van der Waals surface area contributed by atoms with Gasteiger partial charge in [-0.3, -0.25) is 9.48 Å². The average molecular weight is 369 g/mol. The highest BCUT2D eigenvalue weighted by molar-refractivity contribution is 6.31. The topological polar surface area (TPSA) is 62.7 Å². The van der Waals surface area contributed by atoms with Gasteiger partial charge < -0.3 is 10.3 Å². The highest BCUT2D eigenvalue weighted by Crippen LogP contribution is 2.27. The van der Waals surface area contributed by atoms with E-state index in [1.54, 1.807) is 6.07 Å². The van der Waals surface area contributed by atoms with Gasteiger partial charge >= 0.3 is 0 Å². The lowest BCUT2D eigenvalue weighted by atomic mass is 9.91. The molecule has 0 aliphatic heterocycles. The molecule has 2 aromatic heterocycles. The standard InChI is InChI=1S/C20H21ClN4O/c21-17-5-2-1-4-15(17)13-25-12-14(11-23-25)10-22-18-6-3-7-19-16(18)8-9-20(26)24-19/h1-2,4-5,8-9,11-12,18,22H,3,6-7,10,13H2,(H,24,26). The van der Waals surface area contributed by atoms with Crippen molar-refractivity contribution in [3.8, 4) is 0 Å². The molecule has 26 heavy (non-hydrogen) atoms. The first-order valence-electron chi connectivity index (χ1n) is 8.89. The van der Waals surface area contributed by atoms with Gasteiger partial charge in [0.15, 0.2) is 0 Å². The van der Waals surface area contributed by atoms with Gasteiger partial charge in [-0.05, 0) is 36.5 Å². The van der Waals surface area contributed by atoms with Crippen LogP contribution in [0.15, 0.2) is 53.6 Å². The number of fused-ring (bicyclic) bond motifs is 1. The Kier molecular flexibility index (Phi) is 4.91. The molecule has 1 atom stereocenters. The number of hydrogen-bond acceptors (Lipinski definition) is 3. The van der Waals surface area contributed by atoms with Gasteiger partial charge in [0, 0.05) is 41.1 Å². The van der Waals surface area contributed by atoms with E-state index in [2.05, 4.69) is 15.4 Å². The number of rotatable bonds is 5. The minimum Gasteiger partial charge on any atom is -0.326 e. The molecular formula is C20H21ClN4O. The molecular weight excluding hydrogens is 348 g/mol. The summed E-state index contributed by atoms with van der Waals surface area (Å²) in [5.74, 6) is 0. The zero-order valence-electron chi connectivity index (χ0n) is 14.4. The second kappa shape index (κ2) is 7.48. The lowest BCUT2D eigenvalue weighted by molar-refractivity contribution is 0.453. The molecule has 0 saturated carbocycles. The molecule has 1 aliphatic carbocycles. The first-order valence-corrected chi connectivity index (χ1v) is 9.27. The Morgan fingerprint density at radius 1 is 1.27 bits per heavy atom. The van der Waals surface area contributed by atoms with Crippen molar-refractivity contribution in [2.45, 2.75) is 38.4 Å². The quantitative estimate of drug-likeness (QED) is 0.725. The second-order valence-electron chi connectivity index (χ2n) is 6.72. The molecule has 4 rings (SSSR count). The van der Waals surface area contributed by atoms with Crippen LogP contribution in [0.3, 0.4) is 0 Å². The number of nitrogens with zero attached hydrogens (tertiary/aromatic N) is 2. The fourth-order valence-corrected chi connectivity index (χ4v) is 3.73. The summed E-state index contributed by atoms with van der Waals surface area (Å²) < 4.78 is 1.91. The van der Waals surface area contributed by atoms with Crippen molar-refractivity contribution in [1.29, 1.82) is 0 Å². The maximum absolute atomic E-state index is 11.5. The van der Waals surface area contributed by atoms with Crippen LogP contribution in [0.4, 0.5) is 0 Å². The van der Waals surface area contributed by atoms with E-state index in [4.69, 9.17) is 11.6 Å². The van der Waals surface area contributed by atoms with Gasteiger partial charge in [-0.1, -0.05) is 35.9 Å². The van der Waals surface area contributed by atoms with Crippen LogP contribution in [0, 0.1) is 0 Å². The third-order valence-electron chi connectivity index (χ3n) is 4.86. The Bertz CT molecular complexity index is 962. The minimum absolute atomic E-state index is 0.0229. The maximum Gasteiger partial charge on any atom is 0.248 e. The Hall–Kier alpha value is -2.37. The summed E-state index contributed by atoms with van der Waals surface area (Å²) in [6.45, 7) is 1.40. The molecule has 0 spiro atoms. The smallest absolute Gasteiger partial charge is 0.248 e. The highest BCUT2D eigenvalue weighted by atomic mass is 35.5. The van der Waals surface area contributed by atoms with Crippen molar-refractivity contribution in [3.05, 3.63) is 86.6 Å². The summed E-state index contributed by atoms with van der Waals surface area (Å²) in [5, 5.41) is 8.80. The number of benzene rings is 1. The number of aromatic nitrogens is 3. The van der Waals surface area contributed by atoms with Gasteiger partial charge in [-0.15, -0.1) is 0 Å². The zero-order valence-corrected chi connectivity index (χ0v) is 15.2. The van der Waals surface area contributed by atoms with Crippen molar-refractivity contribution in [1.82, 2.24) is 20.1 Å². The van der Waals surface area contributed by atoms with Crippen molar-refractivity contribution < 1.29 is 0 Å². The van der Waals surface area contributed by atoms with Crippen molar-refractivity contribution in [2.24, 2.45) is 0 Å². The van der Waals surface area contributed by atoms with Crippen LogP contribution in [-0.4, -0.2) is 14.8 Å². The van der Waals surface area contributed by atoms with Gasteiger partial charge in [0.2, 0.25) is 5.56 Å². The van der Waals surface area contributed by atoms with Crippen LogP contribution < -0.4 is 10.9 Å². The normalized spacial score (nSPS) is 16.4. The predicted octanol–water partition coefficient (Wildman–Crippen LogP) is 3.44. The van der Waals surface area contributed by atoms with Crippen LogP contribution in [0.25, 0.3) is 0 Å². The summed E-state index contributed by atoms with van der Waals surface area (Å²) in [6, 6.07) is 11.7. The molecule has 1 unspecified atom stereocenters. The van der Waals surface area contributed by atoms with E-state index >= 15 is 0 Å². The van der Waals surface area contributed by atoms with Crippen molar-refractivity contribution in [2.75, 3.05) is 0 Å². The van der Waals surface area contributed by atoms with Gasteiger partial charge in [0.1, 0.15) is 0 Å².